The second-order valence-electron chi connectivity index (χ2n) is 7.14. The van der Waals surface area contributed by atoms with Gasteiger partial charge < -0.3 is 9.80 Å². The molecule has 1 fully saturated rings. The molecule has 0 aliphatic carbocycles. The van der Waals surface area contributed by atoms with Crippen molar-refractivity contribution in [3.8, 4) is 0 Å². The molecular formula is C21H28N4OS. The van der Waals surface area contributed by atoms with Crippen LogP contribution in [0.2, 0.25) is 0 Å². The number of rotatable bonds is 7. The summed E-state index contributed by atoms with van der Waals surface area (Å²) in [6, 6.07) is 10.3. The topological polar surface area (TPSA) is 39.7 Å². The molecule has 0 spiro atoms. The van der Waals surface area contributed by atoms with E-state index in [1.165, 1.54) is 5.56 Å². The molecule has 1 aromatic heterocycles. The zero-order chi connectivity index (χ0) is 19.1. The molecule has 1 aliphatic rings. The summed E-state index contributed by atoms with van der Waals surface area (Å²) in [6.07, 6.45) is 4.78. The van der Waals surface area contributed by atoms with Gasteiger partial charge in [-0.05, 0) is 19.7 Å². The van der Waals surface area contributed by atoms with E-state index < -0.39 is 0 Å². The number of amides is 1. The van der Waals surface area contributed by atoms with Gasteiger partial charge in [0.15, 0.2) is 0 Å². The molecule has 0 N–H and O–H groups in total. The van der Waals surface area contributed by atoms with Crippen molar-refractivity contribution in [3.05, 3.63) is 58.1 Å². The smallest absolute Gasteiger partial charge is 0.228 e. The minimum absolute atomic E-state index is 0.191. The molecule has 6 heteroatoms. The molecule has 0 saturated carbocycles. The Labute approximate surface area is 165 Å². The lowest BCUT2D eigenvalue weighted by atomic mass is 10.2. The first-order chi connectivity index (χ1) is 13.1. The number of hydrogen-bond donors (Lipinski definition) is 0. The highest BCUT2D eigenvalue weighted by molar-refractivity contribution is 7.09. The van der Waals surface area contributed by atoms with Crippen molar-refractivity contribution in [2.75, 3.05) is 46.8 Å². The predicted octanol–water partition coefficient (Wildman–Crippen LogP) is 2.60. The van der Waals surface area contributed by atoms with Crippen LogP contribution in [0.4, 0.5) is 0 Å². The summed E-state index contributed by atoms with van der Waals surface area (Å²) < 4.78 is 0. The Morgan fingerprint density at radius 1 is 1.19 bits per heavy atom. The van der Waals surface area contributed by atoms with E-state index in [-0.39, 0.29) is 5.91 Å². The third-order valence-electron chi connectivity index (χ3n) is 4.58. The van der Waals surface area contributed by atoms with Gasteiger partial charge >= 0.3 is 0 Å². The Bertz CT molecular complexity index is 749. The van der Waals surface area contributed by atoms with Crippen molar-refractivity contribution in [2.24, 2.45) is 0 Å². The number of carbonyl (C=O) groups is 1. The van der Waals surface area contributed by atoms with Gasteiger partial charge in [-0.1, -0.05) is 42.5 Å². The van der Waals surface area contributed by atoms with E-state index in [9.17, 15) is 4.79 Å². The van der Waals surface area contributed by atoms with Crippen molar-refractivity contribution in [3.63, 3.8) is 0 Å². The molecule has 0 unspecified atom stereocenters. The van der Waals surface area contributed by atoms with Crippen molar-refractivity contribution in [1.29, 1.82) is 0 Å². The molecule has 0 atom stereocenters. The van der Waals surface area contributed by atoms with Crippen molar-refractivity contribution < 1.29 is 4.79 Å². The van der Waals surface area contributed by atoms with Crippen molar-refractivity contribution in [2.45, 2.75) is 13.0 Å². The molecule has 2 aromatic rings. The first-order valence-electron chi connectivity index (χ1n) is 9.40. The third-order valence-corrected chi connectivity index (χ3v) is 5.46. The summed E-state index contributed by atoms with van der Waals surface area (Å²) in [4.78, 5) is 23.6. The van der Waals surface area contributed by atoms with Crippen molar-refractivity contribution >= 4 is 23.3 Å². The molecule has 0 radical (unpaired) electrons. The lowest BCUT2D eigenvalue weighted by Crippen LogP contribution is -2.49. The minimum atomic E-state index is 0.191. The Hall–Kier alpha value is -2.02. The van der Waals surface area contributed by atoms with Crippen molar-refractivity contribution in [1.82, 2.24) is 19.7 Å². The molecule has 3 rings (SSSR count). The molecule has 1 aliphatic heterocycles. The van der Waals surface area contributed by atoms with Crippen LogP contribution < -0.4 is 0 Å². The van der Waals surface area contributed by atoms with Gasteiger partial charge in [-0.3, -0.25) is 9.69 Å². The molecule has 1 amide bonds. The summed E-state index contributed by atoms with van der Waals surface area (Å²) in [5.41, 5.74) is 2.12. The van der Waals surface area contributed by atoms with E-state index in [1.807, 2.05) is 30.4 Å². The van der Waals surface area contributed by atoms with E-state index in [4.69, 9.17) is 0 Å². The number of carbonyl (C=O) groups excluding carboxylic acids is 1. The molecule has 0 bridgehead atoms. The maximum Gasteiger partial charge on any atom is 0.228 e. The van der Waals surface area contributed by atoms with E-state index >= 15 is 0 Å². The number of hydrogen-bond acceptors (Lipinski definition) is 5. The first-order valence-corrected chi connectivity index (χ1v) is 10.3. The number of thiazole rings is 1. The highest BCUT2D eigenvalue weighted by Crippen LogP contribution is 2.13. The van der Waals surface area contributed by atoms with Gasteiger partial charge in [0.1, 0.15) is 5.01 Å². The molecule has 27 heavy (non-hydrogen) atoms. The molecule has 1 aromatic carbocycles. The highest BCUT2D eigenvalue weighted by atomic mass is 32.1. The second-order valence-corrected chi connectivity index (χ2v) is 8.08. The van der Waals surface area contributed by atoms with Crippen LogP contribution in [0.1, 0.15) is 16.3 Å². The van der Waals surface area contributed by atoms with Gasteiger partial charge in [0.05, 0.1) is 12.1 Å². The van der Waals surface area contributed by atoms with Gasteiger partial charge in [-0.25, -0.2) is 4.98 Å². The Balaban J connectivity index is 1.41. The SMILES string of the molecule is CN(C)Cc1nc(CC(=O)N2CCN(C/C=C/c3ccccc3)CC2)cs1. The fraction of sp³-hybridized carbons (Fsp3) is 0.429. The summed E-state index contributed by atoms with van der Waals surface area (Å²) in [5.74, 6) is 0.191. The average Bonchev–Trinajstić information content (AvgIpc) is 3.09. The van der Waals surface area contributed by atoms with E-state index in [1.54, 1.807) is 11.3 Å². The van der Waals surface area contributed by atoms with Gasteiger partial charge in [-0.15, -0.1) is 11.3 Å². The van der Waals surface area contributed by atoms with Gasteiger partial charge in [0.2, 0.25) is 5.91 Å². The van der Waals surface area contributed by atoms with Crippen LogP contribution >= 0.6 is 11.3 Å². The van der Waals surface area contributed by atoms with Gasteiger partial charge in [-0.2, -0.15) is 0 Å². The Morgan fingerprint density at radius 3 is 2.63 bits per heavy atom. The molecular weight excluding hydrogens is 356 g/mol. The summed E-state index contributed by atoms with van der Waals surface area (Å²) >= 11 is 1.63. The molecule has 1 saturated heterocycles. The monoisotopic (exact) mass is 384 g/mol. The number of aromatic nitrogens is 1. The predicted molar refractivity (Wildman–Crippen MR) is 112 cm³/mol. The van der Waals surface area contributed by atoms with E-state index in [0.717, 1.165) is 50.0 Å². The average molecular weight is 385 g/mol. The Kier molecular flexibility index (Phi) is 7.15. The van der Waals surface area contributed by atoms with Gasteiger partial charge in [0, 0.05) is 44.6 Å². The fourth-order valence-electron chi connectivity index (χ4n) is 3.12. The quantitative estimate of drug-likeness (QED) is 0.736. The summed E-state index contributed by atoms with van der Waals surface area (Å²) in [6.45, 7) is 5.20. The zero-order valence-corrected chi connectivity index (χ0v) is 17.0. The maximum atomic E-state index is 12.6. The van der Waals surface area contributed by atoms with Crippen LogP contribution in [0.3, 0.4) is 0 Å². The van der Waals surface area contributed by atoms with Gasteiger partial charge in [0.25, 0.3) is 0 Å². The molecule has 5 nitrogen and oxygen atoms in total. The largest absolute Gasteiger partial charge is 0.340 e. The van der Waals surface area contributed by atoms with E-state index in [0.29, 0.717) is 6.42 Å². The highest BCUT2D eigenvalue weighted by Gasteiger charge is 2.21. The van der Waals surface area contributed by atoms with Crippen LogP contribution in [0.5, 0.6) is 0 Å². The molecule has 2 heterocycles. The maximum absolute atomic E-state index is 12.6. The van der Waals surface area contributed by atoms with Crippen LogP contribution in [0, 0.1) is 0 Å². The summed E-state index contributed by atoms with van der Waals surface area (Å²) in [7, 11) is 4.06. The third kappa shape index (κ3) is 6.27. The lowest BCUT2D eigenvalue weighted by Gasteiger charge is -2.34. The second kappa shape index (κ2) is 9.78. The normalized spacial score (nSPS) is 15.7. The van der Waals surface area contributed by atoms with Crippen LogP contribution in [0.25, 0.3) is 6.08 Å². The van der Waals surface area contributed by atoms with Crippen LogP contribution in [0.15, 0.2) is 41.8 Å². The van der Waals surface area contributed by atoms with Crippen LogP contribution in [-0.2, 0) is 17.8 Å². The fourth-order valence-corrected chi connectivity index (χ4v) is 4.03. The lowest BCUT2D eigenvalue weighted by molar-refractivity contribution is -0.132. The Morgan fingerprint density at radius 2 is 1.93 bits per heavy atom. The number of nitrogens with zero attached hydrogens (tertiary/aromatic N) is 4. The minimum Gasteiger partial charge on any atom is -0.340 e. The van der Waals surface area contributed by atoms with E-state index in [2.05, 4.69) is 51.2 Å². The zero-order valence-electron chi connectivity index (χ0n) is 16.2. The van der Waals surface area contributed by atoms with Crippen LogP contribution in [-0.4, -0.2) is 72.4 Å². The standard InChI is InChI=1S/C21H28N4OS/c1-23(2)16-20-22-19(17-27-20)15-21(26)25-13-11-24(12-14-25)10-6-9-18-7-4-3-5-8-18/h3-9,17H,10-16H2,1-2H3/b9-6+. The number of piperazine rings is 1. The molecule has 144 valence electrons. The first kappa shape index (κ1) is 19.7. The number of benzene rings is 1. The summed E-state index contributed by atoms with van der Waals surface area (Å²) in [5, 5.41) is 3.08.